The van der Waals surface area contributed by atoms with Gasteiger partial charge >= 0.3 is 6.03 Å². The van der Waals surface area contributed by atoms with Crippen LogP contribution in [0.4, 0.5) is 27.9 Å². The van der Waals surface area contributed by atoms with Gasteiger partial charge in [-0.05, 0) is 18.2 Å². The lowest BCUT2D eigenvalue weighted by Gasteiger charge is -2.19. The van der Waals surface area contributed by atoms with Crippen molar-refractivity contribution in [3.8, 4) is 0 Å². The number of aromatic nitrogens is 2. The number of halogens is 1. The number of nitrogens with one attached hydrogen (secondary N) is 2. The summed E-state index contributed by atoms with van der Waals surface area (Å²) in [6.45, 7) is 0. The van der Waals surface area contributed by atoms with Crippen molar-refractivity contribution in [2.45, 2.75) is 0 Å². The summed E-state index contributed by atoms with van der Waals surface area (Å²) in [7, 11) is 7.41. The smallest absolute Gasteiger partial charge is 0.323 e. The van der Waals surface area contributed by atoms with Gasteiger partial charge in [-0.2, -0.15) is 4.98 Å². The number of hydrogen-bond donors (Lipinski definition) is 2. The topological polar surface area (TPSA) is 73.4 Å². The number of rotatable bonds is 4. The molecule has 7 nitrogen and oxygen atoms in total. The molecule has 0 fully saturated rings. The number of nitrogens with zero attached hydrogens (tertiary/aromatic N) is 4. The number of anilines is 4. The monoisotopic (exact) mass is 334 g/mol. The number of carbonyl (C=O) groups is 1. The van der Waals surface area contributed by atoms with Crippen molar-refractivity contribution >= 4 is 40.8 Å². The Hall–Kier alpha value is -2.54. The molecule has 0 aliphatic heterocycles. The molecule has 0 bridgehead atoms. The second-order valence-corrected chi connectivity index (χ2v) is 5.72. The third kappa shape index (κ3) is 4.46. The van der Waals surface area contributed by atoms with Crippen molar-refractivity contribution in [2.75, 3.05) is 48.6 Å². The average Bonchev–Trinajstić information content (AvgIpc) is 2.47. The highest BCUT2D eigenvalue weighted by molar-refractivity contribution is 6.30. The van der Waals surface area contributed by atoms with Gasteiger partial charge in [-0.25, -0.2) is 9.78 Å². The van der Waals surface area contributed by atoms with E-state index in [4.69, 9.17) is 11.6 Å². The molecule has 0 saturated carbocycles. The summed E-state index contributed by atoms with van der Waals surface area (Å²) in [4.78, 5) is 24.4. The molecule has 1 heterocycles. The summed E-state index contributed by atoms with van der Waals surface area (Å²) in [5, 5.41) is 6.01. The molecule has 0 aliphatic carbocycles. The zero-order valence-corrected chi connectivity index (χ0v) is 14.2. The van der Waals surface area contributed by atoms with E-state index in [0.717, 1.165) is 0 Å². The van der Waals surface area contributed by atoms with Gasteiger partial charge in [0.05, 0.1) is 6.20 Å². The van der Waals surface area contributed by atoms with Gasteiger partial charge in [-0.3, -0.25) is 0 Å². The van der Waals surface area contributed by atoms with Crippen molar-refractivity contribution in [2.24, 2.45) is 0 Å². The van der Waals surface area contributed by atoms with Crippen LogP contribution in [0.25, 0.3) is 0 Å². The molecule has 2 rings (SSSR count). The maximum Gasteiger partial charge on any atom is 0.323 e. The van der Waals surface area contributed by atoms with Crippen molar-refractivity contribution in [1.82, 2.24) is 9.97 Å². The second-order valence-electron chi connectivity index (χ2n) is 5.29. The molecule has 0 radical (unpaired) electrons. The molecule has 0 atom stereocenters. The molecule has 122 valence electrons. The van der Waals surface area contributed by atoms with E-state index in [1.807, 2.05) is 33.1 Å². The van der Waals surface area contributed by atoms with Crippen LogP contribution in [0, 0.1) is 0 Å². The first kappa shape index (κ1) is 16.8. The minimum atomic E-state index is -0.392. The Kier molecular flexibility index (Phi) is 5.23. The van der Waals surface area contributed by atoms with E-state index in [-0.39, 0.29) is 0 Å². The van der Waals surface area contributed by atoms with Gasteiger partial charge in [-0.1, -0.05) is 17.7 Å². The summed E-state index contributed by atoms with van der Waals surface area (Å²) in [6.07, 6.45) is 1.58. The van der Waals surface area contributed by atoms with Gasteiger partial charge in [0.2, 0.25) is 5.95 Å². The number of benzene rings is 1. The lowest BCUT2D eigenvalue weighted by molar-refractivity contribution is 0.262. The lowest BCUT2D eigenvalue weighted by Crippen LogP contribution is -2.23. The van der Waals surface area contributed by atoms with Crippen LogP contribution >= 0.6 is 11.6 Å². The zero-order chi connectivity index (χ0) is 17.0. The first-order valence-electron chi connectivity index (χ1n) is 6.92. The molecule has 2 amide bonds. The largest absolute Gasteiger partial charge is 0.361 e. The maximum absolute atomic E-state index is 12.1. The second kappa shape index (κ2) is 7.15. The molecular formula is C15H19ClN6O. The van der Waals surface area contributed by atoms with E-state index in [2.05, 4.69) is 20.6 Å². The Morgan fingerprint density at radius 2 is 1.87 bits per heavy atom. The molecule has 8 heteroatoms. The first-order chi connectivity index (χ1) is 10.9. The molecule has 0 unspecified atom stereocenters. The van der Waals surface area contributed by atoms with Gasteiger partial charge in [0.15, 0.2) is 5.82 Å². The van der Waals surface area contributed by atoms with E-state index in [1.54, 1.807) is 35.4 Å². The molecule has 1 aromatic heterocycles. The van der Waals surface area contributed by atoms with Gasteiger partial charge < -0.3 is 20.4 Å². The first-order valence-corrected chi connectivity index (χ1v) is 7.30. The molecule has 1 aromatic carbocycles. The van der Waals surface area contributed by atoms with E-state index in [0.29, 0.717) is 28.2 Å². The standard InChI is InChI=1S/C15H19ClN6O/c1-21(2)13-12(9-17-14(20-13)22(3)4)19-15(23)18-11-7-5-6-10(16)8-11/h5-9H,1-4H3,(H2,18,19,23). The summed E-state index contributed by atoms with van der Waals surface area (Å²) in [6, 6.07) is 6.53. The van der Waals surface area contributed by atoms with Crippen LogP contribution in [0.15, 0.2) is 30.5 Å². The molecule has 2 N–H and O–H groups in total. The molecule has 2 aromatic rings. The van der Waals surface area contributed by atoms with Crippen LogP contribution in [0.5, 0.6) is 0 Å². The Bertz CT molecular complexity index is 704. The SMILES string of the molecule is CN(C)c1ncc(NC(=O)Nc2cccc(Cl)c2)c(N(C)C)n1. The minimum absolute atomic E-state index is 0.392. The third-order valence-electron chi connectivity index (χ3n) is 2.91. The van der Waals surface area contributed by atoms with Crippen LogP contribution in [0.2, 0.25) is 5.02 Å². The van der Waals surface area contributed by atoms with Gasteiger partial charge in [0.1, 0.15) is 5.69 Å². The summed E-state index contributed by atoms with van der Waals surface area (Å²) < 4.78 is 0. The van der Waals surface area contributed by atoms with Gasteiger partial charge in [0, 0.05) is 38.9 Å². The van der Waals surface area contributed by atoms with Crippen LogP contribution < -0.4 is 20.4 Å². The Labute approximate surface area is 140 Å². The van der Waals surface area contributed by atoms with Crippen LogP contribution in [-0.4, -0.2) is 44.2 Å². The van der Waals surface area contributed by atoms with Crippen molar-refractivity contribution < 1.29 is 4.79 Å². The zero-order valence-electron chi connectivity index (χ0n) is 13.5. The minimum Gasteiger partial charge on any atom is -0.361 e. The molecule has 0 saturated heterocycles. The molecule has 23 heavy (non-hydrogen) atoms. The number of carbonyl (C=O) groups excluding carboxylic acids is 1. The normalized spacial score (nSPS) is 10.1. The van der Waals surface area contributed by atoms with Crippen LogP contribution in [-0.2, 0) is 0 Å². The van der Waals surface area contributed by atoms with Crippen LogP contribution in [0.1, 0.15) is 0 Å². The van der Waals surface area contributed by atoms with Crippen molar-refractivity contribution in [1.29, 1.82) is 0 Å². The maximum atomic E-state index is 12.1. The fourth-order valence-electron chi connectivity index (χ4n) is 1.86. The van der Waals surface area contributed by atoms with Gasteiger partial charge in [0.25, 0.3) is 0 Å². The highest BCUT2D eigenvalue weighted by Crippen LogP contribution is 2.23. The number of amides is 2. The number of urea groups is 1. The predicted molar refractivity (Wildman–Crippen MR) is 94.8 cm³/mol. The van der Waals surface area contributed by atoms with Crippen molar-refractivity contribution in [3.63, 3.8) is 0 Å². The summed E-state index contributed by atoms with van der Waals surface area (Å²) >= 11 is 5.90. The van der Waals surface area contributed by atoms with Crippen LogP contribution in [0.3, 0.4) is 0 Å². The van der Waals surface area contributed by atoms with Crippen molar-refractivity contribution in [3.05, 3.63) is 35.5 Å². The summed E-state index contributed by atoms with van der Waals surface area (Å²) in [5.74, 6) is 1.18. The predicted octanol–water partition coefficient (Wildman–Crippen LogP) is 2.91. The quantitative estimate of drug-likeness (QED) is 0.899. The fraction of sp³-hybridized carbons (Fsp3) is 0.267. The highest BCUT2D eigenvalue weighted by atomic mass is 35.5. The Morgan fingerprint density at radius 3 is 2.48 bits per heavy atom. The van der Waals surface area contributed by atoms with Gasteiger partial charge in [-0.15, -0.1) is 0 Å². The Morgan fingerprint density at radius 1 is 1.13 bits per heavy atom. The number of hydrogen-bond acceptors (Lipinski definition) is 5. The summed E-state index contributed by atoms with van der Waals surface area (Å²) in [5.41, 5.74) is 1.12. The third-order valence-corrected chi connectivity index (χ3v) is 3.15. The average molecular weight is 335 g/mol. The fourth-order valence-corrected chi connectivity index (χ4v) is 2.05. The molecular weight excluding hydrogens is 316 g/mol. The molecule has 0 spiro atoms. The Balaban J connectivity index is 2.17. The highest BCUT2D eigenvalue weighted by Gasteiger charge is 2.13. The van der Waals surface area contributed by atoms with E-state index in [1.165, 1.54) is 0 Å². The van der Waals surface area contributed by atoms with E-state index in [9.17, 15) is 4.79 Å². The lowest BCUT2D eigenvalue weighted by atomic mass is 10.3. The molecule has 0 aliphatic rings. The van der Waals surface area contributed by atoms with E-state index >= 15 is 0 Å². The van der Waals surface area contributed by atoms with E-state index < -0.39 is 6.03 Å².